The molecule has 1 amide bonds. The molecule has 0 heterocycles. The van der Waals surface area contributed by atoms with Gasteiger partial charge in [0.2, 0.25) is 0 Å². The molecule has 0 bridgehead atoms. The Morgan fingerprint density at radius 3 is 2.66 bits per heavy atom. The predicted molar refractivity (Wildman–Crippen MR) is 122 cm³/mol. The van der Waals surface area contributed by atoms with Crippen LogP contribution in [0, 0.1) is 5.82 Å². The summed E-state index contributed by atoms with van der Waals surface area (Å²) in [6, 6.07) is 13.8. The molecule has 29 heavy (non-hydrogen) atoms. The predicted octanol–water partition coefficient (Wildman–Crippen LogP) is 6.00. The molecule has 6 heteroatoms. The van der Waals surface area contributed by atoms with Crippen molar-refractivity contribution in [1.29, 1.82) is 0 Å². The Hall–Kier alpha value is -2.05. The number of hydrogen-bond donors (Lipinski definition) is 2. The summed E-state index contributed by atoms with van der Waals surface area (Å²) in [6.07, 6.45) is 7.22. The minimum absolute atomic E-state index is 0.178. The topological polar surface area (TPSA) is 41.1 Å². The van der Waals surface area contributed by atoms with Crippen LogP contribution in [-0.4, -0.2) is 11.0 Å². The largest absolute Gasteiger partial charge is 0.353 e. The van der Waals surface area contributed by atoms with Gasteiger partial charge in [-0.05, 0) is 81.6 Å². The molecular weight excluding hydrogens is 451 g/mol. The Kier molecular flexibility index (Phi) is 7.19. The van der Waals surface area contributed by atoms with Crippen LogP contribution in [0.25, 0.3) is 0 Å². The molecule has 1 aliphatic rings. The second kappa shape index (κ2) is 9.63. The van der Waals surface area contributed by atoms with Gasteiger partial charge in [0.1, 0.15) is 5.82 Å². The standard InChI is InChI=1S/C23H24BrFN2OS/c1-23(15-16-8-4-2-5-9-16,19-14-18(24)12-13-20(19)25)27-22(29)26-21(28)17-10-6-3-7-11-17/h3,6-8,10-14H,2,4-5,9,15H2,1H3,(H2,26,27,28,29). The fraction of sp³-hybridized carbons (Fsp3) is 0.304. The zero-order valence-corrected chi connectivity index (χ0v) is 18.7. The number of rotatable bonds is 5. The number of benzene rings is 2. The van der Waals surface area contributed by atoms with Gasteiger partial charge in [0.15, 0.2) is 5.11 Å². The van der Waals surface area contributed by atoms with Gasteiger partial charge in [-0.3, -0.25) is 10.1 Å². The Morgan fingerprint density at radius 2 is 1.97 bits per heavy atom. The van der Waals surface area contributed by atoms with Gasteiger partial charge in [-0.1, -0.05) is 45.8 Å². The third-order valence-electron chi connectivity index (χ3n) is 5.14. The zero-order valence-electron chi connectivity index (χ0n) is 16.3. The second-order valence-electron chi connectivity index (χ2n) is 7.52. The molecule has 2 N–H and O–H groups in total. The van der Waals surface area contributed by atoms with Crippen molar-refractivity contribution in [3.8, 4) is 0 Å². The maximum Gasteiger partial charge on any atom is 0.257 e. The van der Waals surface area contributed by atoms with Crippen LogP contribution in [-0.2, 0) is 5.54 Å². The molecule has 0 spiro atoms. The summed E-state index contributed by atoms with van der Waals surface area (Å²) in [5.41, 5.74) is 1.51. The summed E-state index contributed by atoms with van der Waals surface area (Å²) in [5.74, 6) is -0.603. The molecule has 3 nitrogen and oxygen atoms in total. The van der Waals surface area contributed by atoms with Crippen LogP contribution in [0.15, 0.2) is 64.7 Å². The van der Waals surface area contributed by atoms with E-state index in [1.165, 1.54) is 18.1 Å². The smallest absolute Gasteiger partial charge is 0.257 e. The number of nitrogens with one attached hydrogen (secondary N) is 2. The summed E-state index contributed by atoms with van der Waals surface area (Å²) in [5, 5.41) is 6.12. The highest BCUT2D eigenvalue weighted by molar-refractivity contribution is 9.10. The molecule has 0 radical (unpaired) electrons. The van der Waals surface area contributed by atoms with Crippen molar-refractivity contribution in [2.45, 2.75) is 44.6 Å². The Bertz CT molecular complexity index is 932. The maximum absolute atomic E-state index is 14.8. The van der Waals surface area contributed by atoms with E-state index >= 15 is 0 Å². The van der Waals surface area contributed by atoms with Crippen LogP contribution in [0.3, 0.4) is 0 Å². The fourth-order valence-electron chi connectivity index (χ4n) is 3.69. The summed E-state index contributed by atoms with van der Waals surface area (Å²) in [6.45, 7) is 1.92. The maximum atomic E-state index is 14.8. The SMILES string of the molecule is CC(CC1=CCCCC1)(NC(=S)NC(=O)c1ccccc1)c1cc(Br)ccc1F. The van der Waals surface area contributed by atoms with E-state index in [-0.39, 0.29) is 16.8 Å². The quantitative estimate of drug-likeness (QED) is 0.412. The van der Waals surface area contributed by atoms with E-state index in [4.69, 9.17) is 12.2 Å². The lowest BCUT2D eigenvalue weighted by Crippen LogP contribution is -2.50. The van der Waals surface area contributed by atoms with Crippen molar-refractivity contribution < 1.29 is 9.18 Å². The molecule has 3 rings (SSSR count). The highest BCUT2D eigenvalue weighted by atomic mass is 79.9. The Morgan fingerprint density at radius 1 is 1.21 bits per heavy atom. The first-order chi connectivity index (χ1) is 13.9. The highest BCUT2D eigenvalue weighted by Gasteiger charge is 2.32. The fourth-order valence-corrected chi connectivity index (χ4v) is 4.37. The van der Waals surface area contributed by atoms with Crippen LogP contribution in [0.1, 0.15) is 54.9 Å². The molecule has 0 aromatic heterocycles. The number of hydrogen-bond acceptors (Lipinski definition) is 2. The van der Waals surface area contributed by atoms with Crippen molar-refractivity contribution in [1.82, 2.24) is 10.6 Å². The minimum Gasteiger partial charge on any atom is -0.353 e. The van der Waals surface area contributed by atoms with Crippen LogP contribution < -0.4 is 10.6 Å². The Balaban J connectivity index is 1.84. The zero-order chi connectivity index (χ0) is 20.9. The first-order valence-corrected chi connectivity index (χ1v) is 10.9. The molecule has 1 aliphatic carbocycles. The highest BCUT2D eigenvalue weighted by Crippen LogP contribution is 2.35. The van der Waals surface area contributed by atoms with Crippen molar-refractivity contribution in [3.63, 3.8) is 0 Å². The molecule has 0 fully saturated rings. The van der Waals surface area contributed by atoms with Crippen molar-refractivity contribution in [2.75, 3.05) is 0 Å². The van der Waals surface area contributed by atoms with Gasteiger partial charge in [-0.2, -0.15) is 0 Å². The van der Waals surface area contributed by atoms with E-state index in [2.05, 4.69) is 32.6 Å². The van der Waals surface area contributed by atoms with Gasteiger partial charge in [0.25, 0.3) is 5.91 Å². The molecule has 152 valence electrons. The lowest BCUT2D eigenvalue weighted by molar-refractivity contribution is 0.0976. The Labute approximate surface area is 184 Å². The lowest BCUT2D eigenvalue weighted by Gasteiger charge is -2.35. The monoisotopic (exact) mass is 474 g/mol. The molecule has 0 aliphatic heterocycles. The number of carbonyl (C=O) groups excluding carboxylic acids is 1. The van der Waals surface area contributed by atoms with Crippen LogP contribution >= 0.6 is 28.1 Å². The summed E-state index contributed by atoms with van der Waals surface area (Å²) in [7, 11) is 0. The van der Waals surface area contributed by atoms with Crippen molar-refractivity contribution in [3.05, 3.63) is 81.6 Å². The number of thiocarbonyl (C=S) groups is 1. The van der Waals surface area contributed by atoms with Crippen LogP contribution in [0.2, 0.25) is 0 Å². The average Bonchev–Trinajstić information content (AvgIpc) is 2.71. The van der Waals surface area contributed by atoms with E-state index in [1.807, 2.05) is 13.0 Å². The van der Waals surface area contributed by atoms with Crippen LogP contribution in [0.4, 0.5) is 4.39 Å². The molecule has 2 aromatic rings. The number of allylic oxidation sites excluding steroid dienone is 1. The third kappa shape index (κ3) is 5.73. The van der Waals surface area contributed by atoms with Gasteiger partial charge in [-0.25, -0.2) is 4.39 Å². The lowest BCUT2D eigenvalue weighted by atomic mass is 9.82. The summed E-state index contributed by atoms with van der Waals surface area (Å²) < 4.78 is 15.6. The van der Waals surface area contributed by atoms with Gasteiger partial charge in [-0.15, -0.1) is 0 Å². The van der Waals surface area contributed by atoms with Crippen LogP contribution in [0.5, 0.6) is 0 Å². The molecule has 0 saturated carbocycles. The molecule has 2 aromatic carbocycles. The molecule has 0 saturated heterocycles. The first kappa shape index (κ1) is 21.7. The third-order valence-corrected chi connectivity index (χ3v) is 5.84. The molecule has 1 atom stereocenters. The molecule has 1 unspecified atom stereocenters. The second-order valence-corrected chi connectivity index (χ2v) is 8.84. The van der Waals surface area contributed by atoms with Crippen molar-refractivity contribution in [2.24, 2.45) is 0 Å². The van der Waals surface area contributed by atoms with E-state index in [0.29, 0.717) is 17.5 Å². The number of carbonyl (C=O) groups is 1. The van der Waals surface area contributed by atoms with Gasteiger partial charge in [0, 0.05) is 15.6 Å². The number of halogens is 2. The average molecular weight is 475 g/mol. The number of amides is 1. The van der Waals surface area contributed by atoms with E-state index in [9.17, 15) is 9.18 Å². The van der Waals surface area contributed by atoms with Gasteiger partial charge >= 0.3 is 0 Å². The van der Waals surface area contributed by atoms with E-state index in [0.717, 1.165) is 23.7 Å². The van der Waals surface area contributed by atoms with E-state index < -0.39 is 5.54 Å². The van der Waals surface area contributed by atoms with Gasteiger partial charge < -0.3 is 5.32 Å². The van der Waals surface area contributed by atoms with Gasteiger partial charge in [0.05, 0.1) is 5.54 Å². The minimum atomic E-state index is -0.794. The van der Waals surface area contributed by atoms with Crippen molar-refractivity contribution >= 4 is 39.2 Å². The summed E-state index contributed by atoms with van der Waals surface area (Å²) in [4.78, 5) is 12.5. The van der Waals surface area contributed by atoms with E-state index in [1.54, 1.807) is 36.4 Å². The summed E-state index contributed by atoms with van der Waals surface area (Å²) >= 11 is 8.86. The normalized spacial score (nSPS) is 15.8. The molecular formula is C23H24BrFN2OS. The first-order valence-electron chi connectivity index (χ1n) is 9.69.